The summed E-state index contributed by atoms with van der Waals surface area (Å²) < 4.78 is 1.51. The first-order valence-electron chi connectivity index (χ1n) is 8.66. The van der Waals surface area contributed by atoms with Crippen LogP contribution in [0.4, 0.5) is 5.82 Å². The van der Waals surface area contributed by atoms with Crippen LogP contribution >= 0.6 is 0 Å². The Balaban J connectivity index is 1.61. The van der Waals surface area contributed by atoms with Crippen molar-refractivity contribution in [3.05, 3.63) is 87.8 Å². The van der Waals surface area contributed by atoms with Gasteiger partial charge in [0.1, 0.15) is 5.82 Å². The molecular weight excluding hydrogens is 338 g/mol. The van der Waals surface area contributed by atoms with E-state index in [-0.39, 0.29) is 5.56 Å². The number of hydrogen-bond acceptors (Lipinski definition) is 4. The summed E-state index contributed by atoms with van der Waals surface area (Å²) in [4.78, 5) is 17.2. The molecule has 2 aromatic carbocycles. The highest BCUT2D eigenvalue weighted by Crippen LogP contribution is 2.19. The third-order valence-electron chi connectivity index (χ3n) is 4.43. The summed E-state index contributed by atoms with van der Waals surface area (Å²) in [5.74, 6) is 0.638. The predicted molar refractivity (Wildman–Crippen MR) is 109 cm³/mol. The highest BCUT2D eigenvalue weighted by atomic mass is 16.1. The number of pyridine rings is 1. The smallest absolute Gasteiger partial charge is 0.280 e. The average Bonchev–Trinajstić information content (AvgIpc) is 2.97. The van der Waals surface area contributed by atoms with Crippen LogP contribution in [0.2, 0.25) is 0 Å². The van der Waals surface area contributed by atoms with Gasteiger partial charge in [0.05, 0.1) is 23.0 Å². The van der Waals surface area contributed by atoms with Crippen LogP contribution in [0.1, 0.15) is 16.8 Å². The molecule has 0 spiro atoms. The number of rotatable bonds is 4. The summed E-state index contributed by atoms with van der Waals surface area (Å²) in [6, 6.07) is 19.3. The standard InChI is InChI=1S/C21H19N5O/c1-14-12-20(23-19-11-7-6-10-17(14)19)24-22-13-18-15(2)25-26(21(18)27)16-8-4-3-5-9-16/h3-13,25H,1-2H3,(H,23,24)/b22-13-. The number of anilines is 1. The number of para-hydroxylation sites is 2. The van der Waals surface area contributed by atoms with Gasteiger partial charge in [0, 0.05) is 11.1 Å². The number of hydrazone groups is 1. The monoisotopic (exact) mass is 357 g/mol. The van der Waals surface area contributed by atoms with Crippen LogP contribution < -0.4 is 11.0 Å². The Hall–Kier alpha value is -3.67. The van der Waals surface area contributed by atoms with Crippen molar-refractivity contribution < 1.29 is 0 Å². The van der Waals surface area contributed by atoms with Crippen LogP contribution in [0.3, 0.4) is 0 Å². The lowest BCUT2D eigenvalue weighted by atomic mass is 10.1. The highest BCUT2D eigenvalue weighted by molar-refractivity contribution is 5.84. The lowest BCUT2D eigenvalue weighted by molar-refractivity contribution is 0.835. The zero-order chi connectivity index (χ0) is 18.8. The number of aromatic amines is 1. The number of fused-ring (bicyclic) bond motifs is 1. The lowest BCUT2D eigenvalue weighted by Gasteiger charge is -2.05. The first-order chi connectivity index (χ1) is 13.1. The topological polar surface area (TPSA) is 75.1 Å². The van der Waals surface area contributed by atoms with Crippen molar-refractivity contribution in [1.29, 1.82) is 0 Å². The van der Waals surface area contributed by atoms with Crippen LogP contribution in [-0.4, -0.2) is 21.0 Å². The molecule has 2 N–H and O–H groups in total. The normalized spacial score (nSPS) is 11.3. The molecule has 27 heavy (non-hydrogen) atoms. The Labute approximate surface area is 156 Å². The van der Waals surface area contributed by atoms with Crippen LogP contribution in [-0.2, 0) is 0 Å². The van der Waals surface area contributed by atoms with Gasteiger partial charge in [-0.25, -0.2) is 9.67 Å². The number of H-pyrrole nitrogens is 1. The molecule has 0 saturated heterocycles. The third-order valence-corrected chi connectivity index (χ3v) is 4.43. The zero-order valence-electron chi connectivity index (χ0n) is 15.1. The van der Waals surface area contributed by atoms with Crippen LogP contribution in [0.5, 0.6) is 0 Å². The van der Waals surface area contributed by atoms with Gasteiger partial charge in [-0.1, -0.05) is 36.4 Å². The Kier molecular flexibility index (Phi) is 4.30. The number of benzene rings is 2. The van der Waals surface area contributed by atoms with Crippen molar-refractivity contribution in [2.75, 3.05) is 5.43 Å². The fraction of sp³-hybridized carbons (Fsp3) is 0.0952. The molecule has 0 atom stereocenters. The van der Waals surface area contributed by atoms with Gasteiger partial charge in [-0.3, -0.25) is 15.3 Å². The quantitative estimate of drug-likeness (QED) is 0.431. The zero-order valence-corrected chi connectivity index (χ0v) is 15.1. The minimum absolute atomic E-state index is 0.146. The molecule has 0 aliphatic heterocycles. The molecule has 0 saturated carbocycles. The van der Waals surface area contributed by atoms with Gasteiger partial charge >= 0.3 is 0 Å². The maximum atomic E-state index is 12.7. The maximum absolute atomic E-state index is 12.7. The number of aryl methyl sites for hydroxylation is 2. The molecule has 0 radical (unpaired) electrons. The van der Waals surface area contributed by atoms with Crippen molar-refractivity contribution >= 4 is 22.9 Å². The van der Waals surface area contributed by atoms with Gasteiger partial charge in [0.25, 0.3) is 5.56 Å². The Morgan fingerprint density at radius 1 is 1.07 bits per heavy atom. The van der Waals surface area contributed by atoms with E-state index in [1.807, 2.05) is 74.5 Å². The molecule has 6 nitrogen and oxygen atoms in total. The number of nitrogens with zero attached hydrogens (tertiary/aromatic N) is 3. The van der Waals surface area contributed by atoms with Crippen molar-refractivity contribution in [2.24, 2.45) is 5.10 Å². The Bertz CT molecular complexity index is 1190. The molecule has 4 rings (SSSR count). The van der Waals surface area contributed by atoms with E-state index in [4.69, 9.17) is 0 Å². The van der Waals surface area contributed by atoms with Crippen LogP contribution in [0, 0.1) is 13.8 Å². The van der Waals surface area contributed by atoms with Gasteiger partial charge in [0.2, 0.25) is 0 Å². The minimum atomic E-state index is -0.146. The van der Waals surface area contributed by atoms with E-state index in [0.29, 0.717) is 11.4 Å². The van der Waals surface area contributed by atoms with Gasteiger partial charge in [-0.15, -0.1) is 0 Å². The summed E-state index contributed by atoms with van der Waals surface area (Å²) in [6.07, 6.45) is 1.53. The molecule has 2 heterocycles. The van der Waals surface area contributed by atoms with Crippen molar-refractivity contribution in [3.8, 4) is 5.69 Å². The first-order valence-corrected chi connectivity index (χ1v) is 8.66. The summed E-state index contributed by atoms with van der Waals surface area (Å²) >= 11 is 0. The fourth-order valence-corrected chi connectivity index (χ4v) is 3.04. The number of aromatic nitrogens is 3. The molecule has 0 aliphatic carbocycles. The second-order valence-corrected chi connectivity index (χ2v) is 6.34. The highest BCUT2D eigenvalue weighted by Gasteiger charge is 2.10. The molecule has 6 heteroatoms. The van der Waals surface area contributed by atoms with Crippen molar-refractivity contribution in [1.82, 2.24) is 14.8 Å². The molecule has 0 unspecified atom stereocenters. The minimum Gasteiger partial charge on any atom is -0.295 e. The second-order valence-electron chi connectivity index (χ2n) is 6.34. The number of nitrogens with one attached hydrogen (secondary N) is 2. The second kappa shape index (κ2) is 6.92. The molecule has 2 aromatic heterocycles. The van der Waals surface area contributed by atoms with E-state index < -0.39 is 0 Å². The summed E-state index contributed by atoms with van der Waals surface area (Å²) in [5, 5.41) is 8.41. The molecule has 0 fully saturated rings. The molecule has 0 aliphatic rings. The van der Waals surface area contributed by atoms with Gasteiger partial charge < -0.3 is 0 Å². The molecule has 0 bridgehead atoms. The van der Waals surface area contributed by atoms with Gasteiger partial charge in [0.15, 0.2) is 0 Å². The Morgan fingerprint density at radius 3 is 2.63 bits per heavy atom. The fourth-order valence-electron chi connectivity index (χ4n) is 3.04. The SMILES string of the molecule is Cc1[nH]n(-c2ccccc2)c(=O)c1/C=N\Nc1cc(C)c2ccccc2n1. The van der Waals surface area contributed by atoms with Crippen LogP contribution in [0.15, 0.2) is 70.6 Å². The number of hydrogen-bond donors (Lipinski definition) is 2. The van der Waals surface area contributed by atoms with Crippen molar-refractivity contribution in [3.63, 3.8) is 0 Å². The van der Waals surface area contributed by atoms with E-state index in [9.17, 15) is 4.79 Å². The van der Waals surface area contributed by atoms with E-state index in [0.717, 1.165) is 27.8 Å². The van der Waals surface area contributed by atoms with E-state index >= 15 is 0 Å². The van der Waals surface area contributed by atoms with Gasteiger partial charge in [-0.2, -0.15) is 5.10 Å². The van der Waals surface area contributed by atoms with Crippen molar-refractivity contribution in [2.45, 2.75) is 13.8 Å². The largest absolute Gasteiger partial charge is 0.295 e. The van der Waals surface area contributed by atoms with Gasteiger partial charge in [-0.05, 0) is 43.7 Å². The molecular formula is C21H19N5O. The summed E-state index contributed by atoms with van der Waals surface area (Å²) in [7, 11) is 0. The van der Waals surface area contributed by atoms with Crippen LogP contribution in [0.25, 0.3) is 16.6 Å². The maximum Gasteiger partial charge on any atom is 0.280 e. The van der Waals surface area contributed by atoms with E-state index in [2.05, 4.69) is 20.6 Å². The first kappa shape index (κ1) is 16.8. The van der Waals surface area contributed by atoms with E-state index in [1.54, 1.807) is 0 Å². The summed E-state index contributed by atoms with van der Waals surface area (Å²) in [6.45, 7) is 3.88. The predicted octanol–water partition coefficient (Wildman–Crippen LogP) is 3.78. The Morgan fingerprint density at radius 2 is 1.81 bits per heavy atom. The average molecular weight is 357 g/mol. The lowest BCUT2D eigenvalue weighted by Crippen LogP contribution is -2.17. The molecule has 0 amide bonds. The molecule has 4 aromatic rings. The molecule has 134 valence electrons. The third kappa shape index (κ3) is 3.25. The summed E-state index contributed by atoms with van der Waals surface area (Å²) in [5.41, 5.74) is 6.83. The van der Waals surface area contributed by atoms with E-state index in [1.165, 1.54) is 10.9 Å².